The summed E-state index contributed by atoms with van der Waals surface area (Å²) in [4.78, 5) is 4.86. The largest absolute Gasteiger partial charge is 0.371 e. The van der Waals surface area contributed by atoms with Gasteiger partial charge in [-0.1, -0.05) is 41.6 Å². The molecule has 0 radical (unpaired) electrons. The van der Waals surface area contributed by atoms with Crippen molar-refractivity contribution in [2.75, 3.05) is 26.7 Å². The highest BCUT2D eigenvalue weighted by molar-refractivity contribution is 7.99. The Balaban J connectivity index is 1.82. The van der Waals surface area contributed by atoms with Crippen LogP contribution >= 0.6 is 23.4 Å². The van der Waals surface area contributed by atoms with Gasteiger partial charge in [0.1, 0.15) is 0 Å². The molecule has 23 heavy (non-hydrogen) atoms. The third-order valence-corrected chi connectivity index (χ3v) is 5.66. The van der Waals surface area contributed by atoms with E-state index in [1.54, 1.807) is 11.8 Å². The molecule has 0 N–H and O–H groups in total. The highest BCUT2D eigenvalue weighted by Crippen LogP contribution is 2.46. The number of fused-ring (bicyclic) bond motifs is 2. The zero-order valence-electron chi connectivity index (χ0n) is 13.0. The highest BCUT2D eigenvalue weighted by atomic mass is 35.5. The highest BCUT2D eigenvalue weighted by Gasteiger charge is 2.23. The smallest absolute Gasteiger partial charge is 0.0892 e. The van der Waals surface area contributed by atoms with E-state index in [2.05, 4.69) is 54.4 Å². The fraction of sp³-hybridized carbons (Fsp3) is 0.263. The molecule has 0 spiro atoms. The summed E-state index contributed by atoms with van der Waals surface area (Å²) in [5, 5.41) is 0.774. The maximum absolute atomic E-state index is 6.26. The Morgan fingerprint density at radius 3 is 2.87 bits per heavy atom. The average molecular weight is 344 g/mol. The van der Waals surface area contributed by atoms with Crippen LogP contribution in [0.15, 0.2) is 58.3 Å². The van der Waals surface area contributed by atoms with Crippen LogP contribution in [0.1, 0.15) is 11.1 Å². The van der Waals surface area contributed by atoms with Crippen molar-refractivity contribution in [3.05, 3.63) is 64.7 Å². The van der Waals surface area contributed by atoms with Gasteiger partial charge in [0, 0.05) is 27.9 Å². The first-order valence-corrected chi connectivity index (χ1v) is 8.99. The van der Waals surface area contributed by atoms with Gasteiger partial charge in [-0.25, -0.2) is 0 Å². The van der Waals surface area contributed by atoms with Gasteiger partial charge in [0.25, 0.3) is 0 Å². The lowest BCUT2D eigenvalue weighted by Gasteiger charge is -2.30. The molecule has 1 unspecified atom stereocenters. The van der Waals surface area contributed by atoms with E-state index in [-0.39, 0.29) is 6.10 Å². The lowest BCUT2D eigenvalue weighted by molar-refractivity contribution is 0.00723. The van der Waals surface area contributed by atoms with Gasteiger partial charge in [0.05, 0.1) is 12.7 Å². The molecule has 2 nitrogen and oxygen atoms in total. The number of ether oxygens (including phenoxy) is 1. The Bertz CT molecular complexity index is 774. The van der Waals surface area contributed by atoms with Crippen molar-refractivity contribution in [2.24, 2.45) is 0 Å². The summed E-state index contributed by atoms with van der Waals surface area (Å²) >= 11 is 8.07. The van der Waals surface area contributed by atoms with Crippen LogP contribution in [0, 0.1) is 0 Å². The zero-order chi connectivity index (χ0) is 15.8. The van der Waals surface area contributed by atoms with Gasteiger partial charge in [-0.2, -0.15) is 0 Å². The zero-order valence-corrected chi connectivity index (χ0v) is 14.5. The SMILES string of the molecule is CN1CCOC(C=C2c3ccccc3Sc3ccc(Cl)cc32)C1. The molecule has 4 rings (SSSR count). The number of nitrogens with zero attached hydrogens (tertiary/aromatic N) is 1. The first-order chi connectivity index (χ1) is 11.2. The minimum Gasteiger partial charge on any atom is -0.371 e. The predicted octanol–water partition coefficient (Wildman–Crippen LogP) is 4.57. The van der Waals surface area contributed by atoms with Crippen LogP contribution in [0.3, 0.4) is 0 Å². The molecular weight excluding hydrogens is 326 g/mol. The van der Waals surface area contributed by atoms with Crippen molar-refractivity contribution in [3.63, 3.8) is 0 Å². The number of benzene rings is 2. The normalized spacial score (nSPS) is 22.7. The monoisotopic (exact) mass is 343 g/mol. The predicted molar refractivity (Wildman–Crippen MR) is 96.3 cm³/mol. The van der Waals surface area contributed by atoms with E-state index >= 15 is 0 Å². The molecule has 0 aliphatic carbocycles. The first kappa shape index (κ1) is 15.3. The van der Waals surface area contributed by atoms with E-state index < -0.39 is 0 Å². The van der Waals surface area contributed by atoms with Crippen LogP contribution in [-0.4, -0.2) is 37.7 Å². The third-order valence-electron chi connectivity index (χ3n) is 4.28. The summed E-state index contributed by atoms with van der Waals surface area (Å²) in [5.41, 5.74) is 3.71. The second kappa shape index (κ2) is 6.33. The summed E-state index contributed by atoms with van der Waals surface area (Å²) in [5.74, 6) is 0. The van der Waals surface area contributed by atoms with Gasteiger partial charge in [0.15, 0.2) is 0 Å². The maximum Gasteiger partial charge on any atom is 0.0892 e. The molecule has 0 bridgehead atoms. The minimum atomic E-state index is 0.117. The molecule has 2 aliphatic rings. The van der Waals surface area contributed by atoms with Gasteiger partial charge >= 0.3 is 0 Å². The maximum atomic E-state index is 6.26. The topological polar surface area (TPSA) is 12.5 Å². The van der Waals surface area contributed by atoms with E-state index in [1.165, 1.54) is 26.5 Å². The van der Waals surface area contributed by atoms with Crippen molar-refractivity contribution >= 4 is 28.9 Å². The number of morpholine rings is 1. The van der Waals surface area contributed by atoms with Crippen LogP contribution in [0.4, 0.5) is 0 Å². The molecule has 2 heterocycles. The van der Waals surface area contributed by atoms with Crippen LogP contribution in [0.5, 0.6) is 0 Å². The molecule has 2 aromatic carbocycles. The Kier molecular flexibility index (Phi) is 4.20. The molecule has 0 amide bonds. The second-order valence-corrected chi connectivity index (χ2v) is 7.51. The van der Waals surface area contributed by atoms with Gasteiger partial charge < -0.3 is 9.64 Å². The summed E-state index contributed by atoms with van der Waals surface area (Å²) in [6.45, 7) is 2.70. The Labute approximate surface area is 146 Å². The Hall–Kier alpha value is -1.26. The van der Waals surface area contributed by atoms with Crippen molar-refractivity contribution in [1.82, 2.24) is 4.90 Å². The molecule has 2 aromatic rings. The summed E-state index contributed by atoms with van der Waals surface area (Å²) in [6.07, 6.45) is 2.38. The molecule has 1 atom stereocenters. The van der Waals surface area contributed by atoms with E-state index in [1.807, 2.05) is 6.07 Å². The number of likely N-dealkylation sites (N-methyl/N-ethyl adjacent to an activating group) is 1. The number of hydrogen-bond acceptors (Lipinski definition) is 3. The first-order valence-electron chi connectivity index (χ1n) is 7.80. The van der Waals surface area contributed by atoms with Crippen molar-refractivity contribution in [3.8, 4) is 0 Å². The second-order valence-electron chi connectivity index (χ2n) is 5.99. The van der Waals surface area contributed by atoms with E-state index in [4.69, 9.17) is 16.3 Å². The Morgan fingerprint density at radius 2 is 2.00 bits per heavy atom. The number of halogens is 1. The van der Waals surface area contributed by atoms with Gasteiger partial charge in [-0.15, -0.1) is 0 Å². The molecule has 0 saturated carbocycles. The molecule has 1 fully saturated rings. The molecule has 118 valence electrons. The fourth-order valence-corrected chi connectivity index (χ4v) is 4.38. The minimum absolute atomic E-state index is 0.117. The summed E-state index contributed by atoms with van der Waals surface area (Å²) in [6, 6.07) is 14.7. The van der Waals surface area contributed by atoms with Gasteiger partial charge in [0.2, 0.25) is 0 Å². The summed E-state index contributed by atoms with van der Waals surface area (Å²) in [7, 11) is 2.14. The van der Waals surface area contributed by atoms with Gasteiger partial charge in [-0.05, 0) is 54.1 Å². The lowest BCUT2D eigenvalue weighted by atomic mass is 9.95. The van der Waals surface area contributed by atoms with Crippen molar-refractivity contribution in [2.45, 2.75) is 15.9 Å². The Morgan fingerprint density at radius 1 is 1.17 bits per heavy atom. The standard InChI is InChI=1S/C19H18ClNOS/c1-21-8-9-22-14(12-21)11-16-15-4-2-3-5-18(15)23-19-7-6-13(20)10-17(16)19/h2-7,10-11,14H,8-9,12H2,1H3. The van der Waals surface area contributed by atoms with Crippen LogP contribution < -0.4 is 0 Å². The molecule has 2 aliphatic heterocycles. The molecule has 0 aromatic heterocycles. The van der Waals surface area contributed by atoms with E-state index in [0.717, 1.165) is 24.7 Å². The van der Waals surface area contributed by atoms with Crippen molar-refractivity contribution in [1.29, 1.82) is 0 Å². The van der Waals surface area contributed by atoms with E-state index in [0.29, 0.717) is 0 Å². The lowest BCUT2D eigenvalue weighted by Crippen LogP contribution is -2.39. The van der Waals surface area contributed by atoms with Crippen LogP contribution in [-0.2, 0) is 4.74 Å². The fourth-order valence-electron chi connectivity index (χ4n) is 3.12. The van der Waals surface area contributed by atoms with Crippen molar-refractivity contribution < 1.29 is 4.74 Å². The number of rotatable bonds is 1. The quantitative estimate of drug-likeness (QED) is 0.642. The molecular formula is C19H18ClNOS. The van der Waals surface area contributed by atoms with Gasteiger partial charge in [-0.3, -0.25) is 0 Å². The van der Waals surface area contributed by atoms with Crippen LogP contribution in [0.25, 0.3) is 5.57 Å². The van der Waals surface area contributed by atoms with Crippen LogP contribution in [0.2, 0.25) is 5.02 Å². The summed E-state index contributed by atoms with van der Waals surface area (Å²) < 4.78 is 5.95. The average Bonchev–Trinajstić information content (AvgIpc) is 2.55. The molecule has 4 heteroatoms. The third kappa shape index (κ3) is 3.07. The number of hydrogen-bond donors (Lipinski definition) is 0. The molecule has 1 saturated heterocycles. The van der Waals surface area contributed by atoms with E-state index in [9.17, 15) is 0 Å².